The van der Waals surface area contributed by atoms with E-state index in [1.54, 1.807) is 12.1 Å². The van der Waals surface area contributed by atoms with Crippen LogP contribution in [-0.2, 0) is 29.0 Å². The fourth-order valence-corrected chi connectivity index (χ4v) is 4.13. The van der Waals surface area contributed by atoms with Crippen molar-refractivity contribution in [1.29, 1.82) is 5.26 Å². The van der Waals surface area contributed by atoms with Gasteiger partial charge in [0, 0.05) is 31.7 Å². The molecule has 4 rings (SSSR count). The van der Waals surface area contributed by atoms with E-state index in [4.69, 9.17) is 21.6 Å². The second kappa shape index (κ2) is 8.86. The van der Waals surface area contributed by atoms with Gasteiger partial charge in [0.2, 0.25) is 5.91 Å². The molecule has 0 unspecified atom stereocenters. The molecule has 0 atom stereocenters. The van der Waals surface area contributed by atoms with Gasteiger partial charge < -0.3 is 9.64 Å². The smallest absolute Gasteiger partial charge is 0.338 e. The molecule has 2 aromatic rings. The minimum Gasteiger partial charge on any atom is -0.457 e. The first-order valence-corrected chi connectivity index (χ1v) is 10.4. The van der Waals surface area contributed by atoms with E-state index in [2.05, 4.69) is 11.0 Å². The van der Waals surface area contributed by atoms with Gasteiger partial charge in [-0.3, -0.25) is 9.69 Å². The number of fused-ring (bicyclic) bond motifs is 1. The summed E-state index contributed by atoms with van der Waals surface area (Å²) in [5.41, 5.74) is 4.24. The van der Waals surface area contributed by atoms with Crippen LogP contribution in [0.1, 0.15) is 32.6 Å². The number of cyclic esters (lactones) is 1. The first-order chi connectivity index (χ1) is 14.5. The Labute approximate surface area is 180 Å². The number of carbonyl (C=O) groups is 2. The summed E-state index contributed by atoms with van der Waals surface area (Å²) >= 11 is 6.09. The number of amides is 1. The lowest BCUT2D eigenvalue weighted by Gasteiger charge is -2.34. The summed E-state index contributed by atoms with van der Waals surface area (Å²) in [4.78, 5) is 28.2. The molecule has 0 spiro atoms. The highest BCUT2D eigenvalue weighted by Crippen LogP contribution is 2.21. The van der Waals surface area contributed by atoms with Gasteiger partial charge in [-0.1, -0.05) is 29.8 Å². The molecular formula is C23H22ClN3O3. The van der Waals surface area contributed by atoms with E-state index in [-0.39, 0.29) is 11.9 Å². The number of rotatable bonds is 6. The van der Waals surface area contributed by atoms with Crippen LogP contribution in [0.4, 0.5) is 0 Å². The zero-order valence-corrected chi connectivity index (χ0v) is 17.3. The van der Waals surface area contributed by atoms with Crippen molar-refractivity contribution in [2.24, 2.45) is 0 Å². The maximum atomic E-state index is 12.6. The van der Waals surface area contributed by atoms with Crippen molar-refractivity contribution >= 4 is 23.5 Å². The summed E-state index contributed by atoms with van der Waals surface area (Å²) in [5, 5.41) is 9.41. The summed E-state index contributed by atoms with van der Waals surface area (Å²) in [6.45, 7) is 3.76. The molecule has 30 heavy (non-hydrogen) atoms. The zero-order chi connectivity index (χ0) is 21.1. The maximum Gasteiger partial charge on any atom is 0.338 e. The van der Waals surface area contributed by atoms with Crippen LogP contribution in [0.25, 0.3) is 0 Å². The molecule has 2 aliphatic heterocycles. The molecule has 0 aromatic heterocycles. The number of esters is 1. The van der Waals surface area contributed by atoms with E-state index >= 15 is 0 Å². The van der Waals surface area contributed by atoms with Gasteiger partial charge in [-0.25, -0.2) is 4.79 Å². The van der Waals surface area contributed by atoms with Gasteiger partial charge in [0.15, 0.2) is 0 Å². The summed E-state index contributed by atoms with van der Waals surface area (Å²) in [6.07, 6.45) is 1.55. The maximum absolute atomic E-state index is 12.6. The van der Waals surface area contributed by atoms with E-state index in [0.717, 1.165) is 36.2 Å². The van der Waals surface area contributed by atoms with Crippen LogP contribution in [0.15, 0.2) is 36.4 Å². The van der Waals surface area contributed by atoms with Gasteiger partial charge in [-0.2, -0.15) is 5.26 Å². The normalized spacial score (nSPS) is 16.3. The fourth-order valence-electron chi connectivity index (χ4n) is 3.88. The topological polar surface area (TPSA) is 73.6 Å². The number of halogens is 1. The molecule has 0 saturated carbocycles. The van der Waals surface area contributed by atoms with Gasteiger partial charge in [-0.05, 0) is 42.2 Å². The number of nitriles is 1. The third kappa shape index (κ3) is 4.48. The van der Waals surface area contributed by atoms with E-state index in [1.807, 2.05) is 29.2 Å². The molecule has 1 fully saturated rings. The summed E-state index contributed by atoms with van der Waals surface area (Å²) < 4.78 is 5.05. The Hall–Kier alpha value is -2.88. The highest BCUT2D eigenvalue weighted by Gasteiger charge is 2.24. The lowest BCUT2D eigenvalue weighted by molar-refractivity contribution is -0.135. The molecule has 0 N–H and O–H groups in total. The molecular weight excluding hydrogens is 402 g/mol. The predicted octanol–water partition coefficient (Wildman–Crippen LogP) is 2.81. The quantitative estimate of drug-likeness (QED) is 0.668. The molecule has 0 bridgehead atoms. The number of hydrogen-bond acceptors (Lipinski definition) is 5. The Kier molecular flexibility index (Phi) is 6.03. The fraction of sp³-hybridized carbons (Fsp3) is 0.348. The Balaban J connectivity index is 1.25. The van der Waals surface area contributed by atoms with E-state index in [9.17, 15) is 9.59 Å². The molecule has 0 radical (unpaired) electrons. The van der Waals surface area contributed by atoms with Crippen LogP contribution in [0, 0.1) is 11.3 Å². The van der Waals surface area contributed by atoms with Gasteiger partial charge in [-0.15, -0.1) is 0 Å². The largest absolute Gasteiger partial charge is 0.457 e. The molecule has 2 aliphatic rings. The van der Waals surface area contributed by atoms with Gasteiger partial charge in [0.05, 0.1) is 22.7 Å². The van der Waals surface area contributed by atoms with Crippen LogP contribution in [0.5, 0.6) is 0 Å². The lowest BCUT2D eigenvalue weighted by Crippen LogP contribution is -2.51. The Morgan fingerprint density at radius 1 is 1.03 bits per heavy atom. The van der Waals surface area contributed by atoms with E-state index < -0.39 is 0 Å². The van der Waals surface area contributed by atoms with Crippen LogP contribution >= 0.6 is 11.6 Å². The number of ether oxygens (including phenoxy) is 1. The lowest BCUT2D eigenvalue weighted by atomic mass is 10.0. The van der Waals surface area contributed by atoms with E-state index in [1.165, 1.54) is 0 Å². The number of nitrogens with zero attached hydrogens (tertiary/aromatic N) is 3. The minimum absolute atomic E-state index is 0.133. The predicted molar refractivity (Wildman–Crippen MR) is 112 cm³/mol. The monoisotopic (exact) mass is 423 g/mol. The highest BCUT2D eigenvalue weighted by atomic mass is 35.5. The third-order valence-electron chi connectivity index (χ3n) is 5.69. The van der Waals surface area contributed by atoms with Crippen molar-refractivity contribution in [2.45, 2.75) is 19.4 Å². The Morgan fingerprint density at radius 2 is 1.80 bits per heavy atom. The molecule has 2 heterocycles. The number of piperazine rings is 1. The average Bonchev–Trinajstić information content (AvgIpc) is 3.12. The highest BCUT2D eigenvalue weighted by molar-refractivity contribution is 6.31. The first kappa shape index (κ1) is 20.4. The molecule has 1 saturated heterocycles. The van der Waals surface area contributed by atoms with Crippen molar-refractivity contribution in [3.63, 3.8) is 0 Å². The molecule has 1 amide bonds. The molecule has 154 valence electrons. The van der Waals surface area contributed by atoms with Crippen molar-refractivity contribution in [2.75, 3.05) is 32.7 Å². The number of benzene rings is 2. The van der Waals surface area contributed by atoms with Crippen LogP contribution < -0.4 is 0 Å². The number of hydrogen-bond donors (Lipinski definition) is 0. The summed E-state index contributed by atoms with van der Waals surface area (Å²) in [5.74, 6) is -0.115. The molecule has 2 aromatic carbocycles. The van der Waals surface area contributed by atoms with Crippen molar-refractivity contribution in [1.82, 2.24) is 9.80 Å². The third-order valence-corrected chi connectivity index (χ3v) is 6.00. The summed E-state index contributed by atoms with van der Waals surface area (Å²) in [7, 11) is 0. The second-order valence-electron chi connectivity index (χ2n) is 7.65. The van der Waals surface area contributed by atoms with Crippen molar-refractivity contribution < 1.29 is 14.3 Å². The second-order valence-corrected chi connectivity index (χ2v) is 8.06. The minimum atomic E-state index is -0.249. The number of carbonyl (C=O) groups excluding carboxylic acids is 2. The van der Waals surface area contributed by atoms with Crippen LogP contribution in [0.2, 0.25) is 5.02 Å². The van der Waals surface area contributed by atoms with Gasteiger partial charge in [0.1, 0.15) is 12.7 Å². The SMILES string of the molecule is N#Cc1ccc(CCN2CCN(CCc3ccc4c(c3)COC4=O)CC2=O)cc1Cl. The van der Waals surface area contributed by atoms with Crippen LogP contribution in [-0.4, -0.2) is 54.4 Å². The average molecular weight is 424 g/mol. The van der Waals surface area contributed by atoms with Crippen LogP contribution in [0.3, 0.4) is 0 Å². The molecule has 0 aliphatic carbocycles. The van der Waals surface area contributed by atoms with Gasteiger partial charge in [0.25, 0.3) is 0 Å². The Morgan fingerprint density at radius 3 is 2.57 bits per heavy atom. The molecule has 7 heteroatoms. The van der Waals surface area contributed by atoms with Crippen molar-refractivity contribution in [3.05, 3.63) is 69.2 Å². The van der Waals surface area contributed by atoms with Gasteiger partial charge >= 0.3 is 5.97 Å². The summed E-state index contributed by atoms with van der Waals surface area (Å²) in [6, 6.07) is 13.3. The standard InChI is InChI=1S/C23H22ClN3O3/c24-21-12-17(1-3-18(21)13-25)6-8-27-10-9-26(14-22(27)28)7-5-16-2-4-20-19(11-16)15-30-23(20)29/h1-4,11-12H,5-10,14-15H2. The molecule has 6 nitrogen and oxygen atoms in total. The van der Waals surface area contributed by atoms with Crippen molar-refractivity contribution in [3.8, 4) is 6.07 Å². The Bertz CT molecular complexity index is 1030. The van der Waals surface area contributed by atoms with E-state index in [0.29, 0.717) is 48.8 Å². The zero-order valence-electron chi connectivity index (χ0n) is 16.6. The first-order valence-electron chi connectivity index (χ1n) is 10.0.